The summed E-state index contributed by atoms with van der Waals surface area (Å²) in [4.78, 5) is 4.21. The predicted octanol–water partition coefficient (Wildman–Crippen LogP) is 4.79. The average molecular weight is 347 g/mol. The van der Waals surface area contributed by atoms with Gasteiger partial charge in [-0.15, -0.1) is 13.2 Å². The molecule has 0 saturated heterocycles. The Hall–Kier alpha value is -1.76. The zero-order valence-corrected chi connectivity index (χ0v) is 11.9. The van der Waals surface area contributed by atoms with Crippen molar-refractivity contribution in [1.82, 2.24) is 4.98 Å². The Morgan fingerprint density at radius 1 is 1.15 bits per heavy atom. The second-order valence-corrected chi connectivity index (χ2v) is 4.79. The fraction of sp³-hybridized carbons (Fsp3) is 0.154. The van der Waals surface area contributed by atoms with Crippen molar-refractivity contribution in [3.8, 4) is 5.75 Å². The van der Waals surface area contributed by atoms with Gasteiger partial charge in [0.05, 0.1) is 11.4 Å². The third-order valence-corrected chi connectivity index (χ3v) is 3.23. The lowest BCUT2D eigenvalue weighted by atomic mass is 10.3. The van der Waals surface area contributed by atoms with Crippen LogP contribution < -0.4 is 10.1 Å². The molecule has 1 N–H and O–H groups in total. The first-order valence-corrected chi connectivity index (χ1v) is 6.39. The van der Waals surface area contributed by atoms with E-state index in [-0.39, 0.29) is 11.4 Å². The van der Waals surface area contributed by atoms with Gasteiger partial charge in [-0.3, -0.25) is 0 Å². The van der Waals surface area contributed by atoms with Gasteiger partial charge < -0.3 is 10.1 Å². The van der Waals surface area contributed by atoms with Crippen LogP contribution >= 0.6 is 15.9 Å². The number of ether oxygens (including phenoxy) is 1. The minimum absolute atomic E-state index is 0.194. The number of hydrogen-bond donors (Lipinski definition) is 1. The maximum Gasteiger partial charge on any atom is 0.573 e. The summed E-state index contributed by atoms with van der Waals surface area (Å²) in [6.45, 7) is 1.79. The summed E-state index contributed by atoms with van der Waals surface area (Å²) >= 11 is 3.31. The van der Waals surface area contributed by atoms with Gasteiger partial charge in [0.2, 0.25) is 0 Å². The van der Waals surface area contributed by atoms with Gasteiger partial charge in [-0.05, 0) is 47.1 Å². The van der Waals surface area contributed by atoms with Gasteiger partial charge in [-0.1, -0.05) is 12.1 Å². The van der Waals surface area contributed by atoms with E-state index in [0.29, 0.717) is 5.82 Å². The van der Waals surface area contributed by atoms with E-state index in [1.54, 1.807) is 25.1 Å². The zero-order valence-electron chi connectivity index (χ0n) is 10.3. The highest BCUT2D eigenvalue weighted by Crippen LogP contribution is 2.31. The molecule has 106 valence electrons. The van der Waals surface area contributed by atoms with Crippen LogP contribution in [-0.2, 0) is 0 Å². The van der Waals surface area contributed by atoms with Gasteiger partial charge >= 0.3 is 6.36 Å². The van der Waals surface area contributed by atoms with Crippen molar-refractivity contribution < 1.29 is 17.9 Å². The topological polar surface area (TPSA) is 34.2 Å². The van der Waals surface area contributed by atoms with Crippen LogP contribution in [0.3, 0.4) is 0 Å². The fourth-order valence-corrected chi connectivity index (χ4v) is 1.76. The second-order valence-electron chi connectivity index (χ2n) is 3.93. The molecule has 0 aliphatic rings. The van der Waals surface area contributed by atoms with E-state index in [9.17, 15) is 13.2 Å². The van der Waals surface area contributed by atoms with Crippen molar-refractivity contribution >= 4 is 27.4 Å². The Bertz CT molecular complexity index is 617. The van der Waals surface area contributed by atoms with Gasteiger partial charge in [0.25, 0.3) is 0 Å². The molecular formula is C13H10BrF3N2O. The van der Waals surface area contributed by atoms with Crippen LogP contribution in [0.5, 0.6) is 5.75 Å². The number of aryl methyl sites for hydroxylation is 1. The third-order valence-electron chi connectivity index (χ3n) is 2.40. The van der Waals surface area contributed by atoms with Gasteiger partial charge in [-0.25, -0.2) is 4.98 Å². The first-order chi connectivity index (χ1) is 9.35. The number of nitrogens with zero attached hydrogens (tertiary/aromatic N) is 1. The number of pyridine rings is 1. The normalized spacial score (nSPS) is 11.2. The van der Waals surface area contributed by atoms with Crippen molar-refractivity contribution in [1.29, 1.82) is 0 Å². The van der Waals surface area contributed by atoms with Crippen molar-refractivity contribution in [3.63, 3.8) is 0 Å². The van der Waals surface area contributed by atoms with E-state index in [1.807, 2.05) is 0 Å². The molecule has 2 aromatic rings. The largest absolute Gasteiger partial charge is 0.573 e. The predicted molar refractivity (Wildman–Crippen MR) is 73.1 cm³/mol. The van der Waals surface area contributed by atoms with Crippen molar-refractivity contribution in [2.75, 3.05) is 5.32 Å². The Morgan fingerprint density at radius 3 is 2.50 bits per heavy atom. The summed E-state index contributed by atoms with van der Waals surface area (Å²) in [7, 11) is 0. The molecule has 3 nitrogen and oxygen atoms in total. The smallest absolute Gasteiger partial charge is 0.404 e. The summed E-state index contributed by atoms with van der Waals surface area (Å²) in [5.74, 6) is 0.131. The summed E-state index contributed by atoms with van der Waals surface area (Å²) in [5, 5.41) is 2.81. The van der Waals surface area contributed by atoms with Crippen molar-refractivity contribution in [2.45, 2.75) is 13.3 Å². The molecule has 1 heterocycles. The lowest BCUT2D eigenvalue weighted by Gasteiger charge is -2.14. The molecule has 20 heavy (non-hydrogen) atoms. The molecular weight excluding hydrogens is 337 g/mol. The second kappa shape index (κ2) is 5.70. The Morgan fingerprint density at radius 2 is 1.85 bits per heavy atom. The summed E-state index contributed by atoms with van der Waals surface area (Å²) in [6.07, 6.45) is -4.74. The first kappa shape index (κ1) is 14.6. The SMILES string of the molecule is Cc1nc(Nc2ccccc2OC(F)(F)F)ccc1Br. The summed E-state index contributed by atoms with van der Waals surface area (Å²) in [5.41, 5.74) is 0.920. The lowest BCUT2D eigenvalue weighted by molar-refractivity contribution is -0.274. The van der Waals surface area contributed by atoms with Gasteiger partial charge in [0.1, 0.15) is 5.82 Å². The minimum atomic E-state index is -4.74. The highest BCUT2D eigenvalue weighted by molar-refractivity contribution is 9.10. The molecule has 0 atom stereocenters. The molecule has 0 fully saturated rings. The highest BCUT2D eigenvalue weighted by atomic mass is 79.9. The maximum atomic E-state index is 12.3. The number of hydrogen-bond acceptors (Lipinski definition) is 3. The van der Waals surface area contributed by atoms with Crippen LogP contribution in [0.25, 0.3) is 0 Å². The van der Waals surface area contributed by atoms with Crippen LogP contribution in [0, 0.1) is 6.92 Å². The van der Waals surface area contributed by atoms with E-state index in [0.717, 1.165) is 10.2 Å². The number of nitrogens with one attached hydrogen (secondary N) is 1. The number of halogens is 4. The number of anilines is 2. The number of alkyl halides is 3. The Kier molecular flexibility index (Phi) is 4.17. The van der Waals surface area contributed by atoms with E-state index in [4.69, 9.17) is 0 Å². The highest BCUT2D eigenvalue weighted by Gasteiger charge is 2.32. The van der Waals surface area contributed by atoms with E-state index >= 15 is 0 Å². The number of para-hydroxylation sites is 2. The van der Waals surface area contributed by atoms with E-state index < -0.39 is 6.36 Å². The number of benzene rings is 1. The molecule has 0 unspecified atom stereocenters. The molecule has 0 aliphatic heterocycles. The van der Waals surface area contributed by atoms with Gasteiger partial charge in [0, 0.05) is 4.47 Å². The first-order valence-electron chi connectivity index (χ1n) is 5.60. The molecule has 0 aliphatic carbocycles. The van der Waals surface area contributed by atoms with Crippen LogP contribution in [0.15, 0.2) is 40.9 Å². The van der Waals surface area contributed by atoms with Crippen LogP contribution in [0.2, 0.25) is 0 Å². The van der Waals surface area contributed by atoms with Crippen LogP contribution in [-0.4, -0.2) is 11.3 Å². The minimum Gasteiger partial charge on any atom is -0.404 e. The quantitative estimate of drug-likeness (QED) is 0.867. The van der Waals surface area contributed by atoms with E-state index in [1.165, 1.54) is 18.2 Å². The molecule has 1 aromatic carbocycles. The fourth-order valence-electron chi connectivity index (χ4n) is 1.54. The lowest BCUT2D eigenvalue weighted by Crippen LogP contribution is -2.17. The average Bonchev–Trinajstić information content (AvgIpc) is 2.34. The Labute approximate surface area is 121 Å². The Balaban J connectivity index is 2.27. The van der Waals surface area contributed by atoms with E-state index in [2.05, 4.69) is 31.0 Å². The van der Waals surface area contributed by atoms with Crippen molar-refractivity contribution in [2.24, 2.45) is 0 Å². The van der Waals surface area contributed by atoms with Crippen LogP contribution in [0.1, 0.15) is 5.69 Å². The molecule has 0 bridgehead atoms. The molecule has 2 rings (SSSR count). The maximum absolute atomic E-state index is 12.3. The third kappa shape index (κ3) is 3.86. The van der Waals surface area contributed by atoms with Crippen molar-refractivity contribution in [3.05, 3.63) is 46.6 Å². The van der Waals surface area contributed by atoms with Gasteiger partial charge in [0.15, 0.2) is 5.75 Å². The standard InChI is InChI=1S/C13H10BrF3N2O/c1-8-9(14)6-7-12(18-8)19-10-4-2-3-5-11(10)20-13(15,16)17/h2-7H,1H3,(H,18,19). The number of rotatable bonds is 3. The molecule has 0 saturated carbocycles. The molecule has 0 amide bonds. The summed E-state index contributed by atoms with van der Waals surface area (Å²) < 4.78 is 41.7. The zero-order chi connectivity index (χ0) is 14.8. The molecule has 7 heteroatoms. The monoisotopic (exact) mass is 346 g/mol. The summed E-state index contributed by atoms with van der Waals surface area (Å²) in [6, 6.07) is 9.21. The van der Waals surface area contributed by atoms with Gasteiger partial charge in [-0.2, -0.15) is 0 Å². The number of aromatic nitrogens is 1. The molecule has 0 spiro atoms. The molecule has 1 aromatic heterocycles. The molecule has 0 radical (unpaired) electrons. The van der Waals surface area contributed by atoms with Crippen LogP contribution in [0.4, 0.5) is 24.7 Å².